The van der Waals surface area contributed by atoms with E-state index in [0.29, 0.717) is 11.3 Å². The van der Waals surface area contributed by atoms with Gasteiger partial charge in [-0.05, 0) is 42.7 Å². The van der Waals surface area contributed by atoms with Gasteiger partial charge in [-0.3, -0.25) is 4.79 Å². The lowest BCUT2D eigenvalue weighted by Gasteiger charge is -2.13. The van der Waals surface area contributed by atoms with E-state index < -0.39 is 6.04 Å². The van der Waals surface area contributed by atoms with Gasteiger partial charge in [0.15, 0.2) is 0 Å². The highest BCUT2D eigenvalue weighted by Gasteiger charge is 2.30. The molecule has 1 aliphatic heterocycles. The van der Waals surface area contributed by atoms with E-state index >= 15 is 0 Å². The largest absolute Gasteiger partial charge is 0.370 e. The molecule has 1 aliphatic rings. The van der Waals surface area contributed by atoms with E-state index in [-0.39, 0.29) is 11.7 Å². The molecule has 5 heteroatoms. The van der Waals surface area contributed by atoms with Gasteiger partial charge < -0.3 is 10.6 Å². The fourth-order valence-electron chi connectivity index (χ4n) is 2.26. The Morgan fingerprint density at radius 2 is 2.10 bits per heavy atom. The second-order valence-electron chi connectivity index (χ2n) is 4.53. The summed E-state index contributed by atoms with van der Waals surface area (Å²) >= 11 is 1.63. The van der Waals surface area contributed by atoms with Crippen LogP contribution in [0.4, 0.5) is 15.8 Å². The molecule has 0 aliphatic carbocycles. The molecule has 1 amide bonds. The lowest BCUT2D eigenvalue weighted by molar-refractivity contribution is -0.116. The number of halogens is 1. The van der Waals surface area contributed by atoms with Crippen LogP contribution in [0.1, 0.15) is 11.6 Å². The van der Waals surface area contributed by atoms with Crippen molar-refractivity contribution in [3.63, 3.8) is 0 Å². The highest BCUT2D eigenvalue weighted by atomic mass is 32.2. The number of rotatable bonds is 3. The van der Waals surface area contributed by atoms with E-state index in [4.69, 9.17) is 0 Å². The topological polar surface area (TPSA) is 41.1 Å². The Balaban J connectivity index is 1.91. The molecular formula is C15H13FN2OS. The minimum absolute atomic E-state index is 0.167. The zero-order valence-corrected chi connectivity index (χ0v) is 11.6. The number of hydrogen-bond donors (Lipinski definition) is 2. The SMILES string of the molecule is CSc1cccc(NC2C(=O)Nc3ccc(F)cc32)c1. The van der Waals surface area contributed by atoms with Gasteiger partial charge in [0.2, 0.25) is 0 Å². The maximum atomic E-state index is 13.3. The predicted molar refractivity (Wildman–Crippen MR) is 79.6 cm³/mol. The summed E-state index contributed by atoms with van der Waals surface area (Å²) in [6, 6.07) is 11.5. The minimum atomic E-state index is -0.558. The smallest absolute Gasteiger partial charge is 0.251 e. The van der Waals surface area contributed by atoms with E-state index in [1.54, 1.807) is 17.8 Å². The monoisotopic (exact) mass is 288 g/mol. The zero-order valence-electron chi connectivity index (χ0n) is 10.8. The minimum Gasteiger partial charge on any atom is -0.370 e. The number of anilines is 2. The number of amides is 1. The molecular weight excluding hydrogens is 275 g/mol. The summed E-state index contributed by atoms with van der Waals surface area (Å²) in [6.45, 7) is 0. The fraction of sp³-hybridized carbons (Fsp3) is 0.133. The number of carbonyl (C=O) groups excluding carboxylic acids is 1. The van der Waals surface area contributed by atoms with Gasteiger partial charge in [0.05, 0.1) is 0 Å². The quantitative estimate of drug-likeness (QED) is 0.847. The maximum absolute atomic E-state index is 13.3. The molecule has 1 atom stereocenters. The van der Waals surface area contributed by atoms with Crippen molar-refractivity contribution in [1.82, 2.24) is 0 Å². The first-order valence-electron chi connectivity index (χ1n) is 6.18. The van der Waals surface area contributed by atoms with Crippen LogP contribution in [-0.2, 0) is 4.79 Å². The lowest BCUT2D eigenvalue weighted by Crippen LogP contribution is -2.19. The summed E-state index contributed by atoms with van der Waals surface area (Å²) in [4.78, 5) is 13.1. The Morgan fingerprint density at radius 3 is 2.90 bits per heavy atom. The summed E-state index contributed by atoms with van der Waals surface area (Å²) in [7, 11) is 0. The van der Waals surface area contributed by atoms with Gasteiger partial charge in [0.1, 0.15) is 11.9 Å². The van der Waals surface area contributed by atoms with Crippen LogP contribution in [0.25, 0.3) is 0 Å². The maximum Gasteiger partial charge on any atom is 0.251 e. The van der Waals surface area contributed by atoms with Crippen molar-refractivity contribution in [3.8, 4) is 0 Å². The molecule has 0 saturated heterocycles. The summed E-state index contributed by atoms with van der Waals surface area (Å²) in [5.74, 6) is -0.509. The Morgan fingerprint density at radius 1 is 1.25 bits per heavy atom. The summed E-state index contributed by atoms with van der Waals surface area (Å²) in [5, 5.41) is 5.91. The molecule has 1 unspecified atom stereocenters. The van der Waals surface area contributed by atoms with Crippen molar-refractivity contribution in [2.75, 3.05) is 16.9 Å². The van der Waals surface area contributed by atoms with Crippen LogP contribution in [0.5, 0.6) is 0 Å². The molecule has 0 bridgehead atoms. The van der Waals surface area contributed by atoms with Crippen molar-refractivity contribution in [2.24, 2.45) is 0 Å². The number of fused-ring (bicyclic) bond motifs is 1. The molecule has 0 fully saturated rings. The Kier molecular flexibility index (Phi) is 3.36. The van der Waals surface area contributed by atoms with Gasteiger partial charge in [0.25, 0.3) is 5.91 Å². The van der Waals surface area contributed by atoms with Crippen LogP contribution < -0.4 is 10.6 Å². The van der Waals surface area contributed by atoms with Crippen LogP contribution in [0.3, 0.4) is 0 Å². The third-order valence-corrected chi connectivity index (χ3v) is 3.95. The number of hydrogen-bond acceptors (Lipinski definition) is 3. The van der Waals surface area contributed by atoms with Crippen LogP contribution in [-0.4, -0.2) is 12.2 Å². The second kappa shape index (κ2) is 5.17. The van der Waals surface area contributed by atoms with Crippen molar-refractivity contribution >= 4 is 29.0 Å². The van der Waals surface area contributed by atoms with Gasteiger partial charge in [-0.2, -0.15) is 0 Å². The van der Waals surface area contributed by atoms with Gasteiger partial charge in [-0.15, -0.1) is 11.8 Å². The van der Waals surface area contributed by atoms with Crippen molar-refractivity contribution in [2.45, 2.75) is 10.9 Å². The molecule has 1 heterocycles. The van der Waals surface area contributed by atoms with E-state index in [2.05, 4.69) is 10.6 Å². The molecule has 0 spiro atoms. The second-order valence-corrected chi connectivity index (χ2v) is 5.41. The molecule has 102 valence electrons. The molecule has 3 nitrogen and oxygen atoms in total. The van der Waals surface area contributed by atoms with Crippen molar-refractivity contribution in [1.29, 1.82) is 0 Å². The van der Waals surface area contributed by atoms with E-state index in [9.17, 15) is 9.18 Å². The molecule has 2 aromatic carbocycles. The molecule has 2 N–H and O–H groups in total. The molecule has 2 aromatic rings. The predicted octanol–water partition coefficient (Wildman–Crippen LogP) is 3.65. The first kappa shape index (κ1) is 13.0. The summed E-state index contributed by atoms with van der Waals surface area (Å²) in [6.07, 6.45) is 1.99. The zero-order chi connectivity index (χ0) is 14.1. The highest BCUT2D eigenvalue weighted by Crippen LogP contribution is 2.34. The number of carbonyl (C=O) groups is 1. The number of thioether (sulfide) groups is 1. The molecule has 0 radical (unpaired) electrons. The normalized spacial score (nSPS) is 16.7. The Bertz CT molecular complexity index is 675. The van der Waals surface area contributed by atoms with Gasteiger partial charge in [0, 0.05) is 21.8 Å². The van der Waals surface area contributed by atoms with Gasteiger partial charge in [-0.1, -0.05) is 6.07 Å². The molecule has 3 rings (SSSR count). The van der Waals surface area contributed by atoms with Crippen LogP contribution >= 0.6 is 11.8 Å². The van der Waals surface area contributed by atoms with Crippen molar-refractivity contribution in [3.05, 3.63) is 53.8 Å². The fourth-order valence-corrected chi connectivity index (χ4v) is 2.71. The number of nitrogens with one attached hydrogen (secondary N) is 2. The summed E-state index contributed by atoms with van der Waals surface area (Å²) in [5.41, 5.74) is 2.15. The standard InChI is InChI=1S/C15H13FN2OS/c1-20-11-4-2-3-10(8-11)17-14-12-7-9(16)5-6-13(12)18-15(14)19/h2-8,14,17H,1H3,(H,18,19). The average molecular weight is 288 g/mol. The van der Waals surface area contributed by atoms with Crippen LogP contribution in [0.15, 0.2) is 47.4 Å². The van der Waals surface area contributed by atoms with Gasteiger partial charge in [-0.25, -0.2) is 4.39 Å². The average Bonchev–Trinajstić information content (AvgIpc) is 2.75. The lowest BCUT2D eigenvalue weighted by atomic mass is 10.1. The van der Waals surface area contributed by atoms with E-state index in [0.717, 1.165) is 10.6 Å². The van der Waals surface area contributed by atoms with Gasteiger partial charge >= 0.3 is 0 Å². The van der Waals surface area contributed by atoms with Crippen LogP contribution in [0.2, 0.25) is 0 Å². The Hall–Kier alpha value is -2.01. The third kappa shape index (κ3) is 2.36. The first-order valence-corrected chi connectivity index (χ1v) is 7.41. The van der Waals surface area contributed by atoms with E-state index in [1.807, 2.05) is 30.5 Å². The van der Waals surface area contributed by atoms with E-state index in [1.165, 1.54) is 12.1 Å². The first-order chi connectivity index (χ1) is 9.67. The number of benzene rings is 2. The van der Waals surface area contributed by atoms with Crippen LogP contribution in [0, 0.1) is 5.82 Å². The summed E-state index contributed by atoms with van der Waals surface area (Å²) < 4.78 is 13.3. The third-order valence-electron chi connectivity index (χ3n) is 3.23. The van der Waals surface area contributed by atoms with Crippen molar-refractivity contribution < 1.29 is 9.18 Å². The molecule has 0 aromatic heterocycles. The molecule has 0 saturated carbocycles. The Labute approximate surface area is 120 Å². The highest BCUT2D eigenvalue weighted by molar-refractivity contribution is 7.98. The molecule has 20 heavy (non-hydrogen) atoms.